The molecule has 0 saturated carbocycles. The maximum absolute atomic E-state index is 13.6. The van der Waals surface area contributed by atoms with Crippen LogP contribution in [0.4, 0.5) is 4.39 Å². The average Bonchev–Trinajstić information content (AvgIpc) is 2.84. The summed E-state index contributed by atoms with van der Waals surface area (Å²) in [5.74, 6) is -1.06. The molecule has 1 heterocycles. The molecule has 204 valence electrons. The monoisotopic (exact) mass is 559 g/mol. The van der Waals surface area contributed by atoms with Crippen LogP contribution in [0, 0.1) is 5.82 Å². The second-order valence-corrected chi connectivity index (χ2v) is 15.1. The molecule has 0 aliphatic heterocycles. The summed E-state index contributed by atoms with van der Waals surface area (Å²) in [6, 6.07) is 11.5. The van der Waals surface area contributed by atoms with Gasteiger partial charge in [-0.3, -0.25) is 13.8 Å². The fraction of sp³-hybridized carbons (Fsp3) is 0.379. The molecule has 3 aromatic rings. The number of benzene rings is 2. The zero-order valence-corrected chi connectivity index (χ0v) is 24.2. The van der Waals surface area contributed by atoms with Crippen molar-refractivity contribution in [2.45, 2.75) is 51.0 Å². The molecule has 0 bridgehead atoms. The van der Waals surface area contributed by atoms with Crippen molar-refractivity contribution >= 4 is 26.4 Å². The van der Waals surface area contributed by atoms with E-state index in [1.807, 2.05) is 27.7 Å². The summed E-state index contributed by atoms with van der Waals surface area (Å²) < 4.78 is 52.2. The Morgan fingerprint density at radius 2 is 1.68 bits per heavy atom. The van der Waals surface area contributed by atoms with Crippen LogP contribution in [-0.4, -0.2) is 39.2 Å². The molecule has 0 aliphatic carbocycles. The van der Waals surface area contributed by atoms with E-state index < -0.39 is 31.2 Å². The summed E-state index contributed by atoms with van der Waals surface area (Å²) in [5, 5.41) is 0. The standard InChI is InChI=1S/C29H34FNO5S2/c1-7-38(35,36)18-20-8-13-23(28(33)21-9-11-22(30)12-10-21)25(14-20)26-16-31(6)27(32)15-24(26)19(2)17-37(34)29(3,4)5/h8-16,19H,7,17-18H2,1-6H3/t19-,37-/m1/s1. The third-order valence-electron chi connectivity index (χ3n) is 6.43. The van der Waals surface area contributed by atoms with Crippen molar-refractivity contribution in [1.29, 1.82) is 0 Å². The highest BCUT2D eigenvalue weighted by Crippen LogP contribution is 2.34. The average molecular weight is 560 g/mol. The highest BCUT2D eigenvalue weighted by molar-refractivity contribution is 7.90. The van der Waals surface area contributed by atoms with Gasteiger partial charge in [0.1, 0.15) is 5.82 Å². The lowest BCUT2D eigenvalue weighted by Gasteiger charge is -2.23. The maximum Gasteiger partial charge on any atom is 0.250 e. The highest BCUT2D eigenvalue weighted by atomic mass is 32.2. The molecule has 1 aromatic heterocycles. The van der Waals surface area contributed by atoms with Gasteiger partial charge in [-0.15, -0.1) is 0 Å². The molecule has 2 aromatic carbocycles. The van der Waals surface area contributed by atoms with Gasteiger partial charge in [0.25, 0.3) is 5.56 Å². The fourth-order valence-corrected chi connectivity index (χ4v) is 6.08. The Hall–Kier alpha value is -2.91. The fourth-order valence-electron chi connectivity index (χ4n) is 4.06. The van der Waals surface area contributed by atoms with E-state index in [1.165, 1.54) is 34.9 Å². The number of hydrogen-bond donors (Lipinski definition) is 0. The highest BCUT2D eigenvalue weighted by Gasteiger charge is 2.26. The van der Waals surface area contributed by atoms with Crippen LogP contribution in [0.5, 0.6) is 0 Å². The molecular weight excluding hydrogens is 525 g/mol. The van der Waals surface area contributed by atoms with Crippen LogP contribution < -0.4 is 5.56 Å². The van der Waals surface area contributed by atoms with Gasteiger partial charge in [-0.1, -0.05) is 26.0 Å². The Balaban J connectivity index is 2.27. The summed E-state index contributed by atoms with van der Waals surface area (Å²) in [6.45, 7) is 9.12. The summed E-state index contributed by atoms with van der Waals surface area (Å²) in [5.41, 5.74) is 2.47. The Bertz CT molecular complexity index is 1530. The quantitative estimate of drug-likeness (QED) is 0.344. The molecular formula is C29H34FNO5S2. The third kappa shape index (κ3) is 6.94. The molecule has 9 heteroatoms. The molecule has 38 heavy (non-hydrogen) atoms. The van der Waals surface area contributed by atoms with Crippen LogP contribution in [0.3, 0.4) is 0 Å². The Labute approximate surface area is 226 Å². The van der Waals surface area contributed by atoms with E-state index in [-0.39, 0.29) is 34.3 Å². The number of aryl methyl sites for hydroxylation is 1. The smallest absolute Gasteiger partial charge is 0.250 e. The number of hydrogen-bond acceptors (Lipinski definition) is 5. The van der Waals surface area contributed by atoms with Gasteiger partial charge < -0.3 is 4.57 Å². The lowest BCUT2D eigenvalue weighted by atomic mass is 9.88. The van der Waals surface area contributed by atoms with Crippen LogP contribution in [0.1, 0.15) is 67.6 Å². The van der Waals surface area contributed by atoms with Crippen LogP contribution in [0.25, 0.3) is 11.1 Å². The summed E-state index contributed by atoms with van der Waals surface area (Å²) in [7, 11) is -2.96. The number of halogens is 1. The van der Waals surface area contributed by atoms with Gasteiger partial charge in [0.15, 0.2) is 15.6 Å². The Morgan fingerprint density at radius 3 is 2.26 bits per heavy atom. The van der Waals surface area contributed by atoms with Gasteiger partial charge in [-0.25, -0.2) is 12.8 Å². The first-order valence-corrected chi connectivity index (χ1v) is 15.5. The van der Waals surface area contributed by atoms with Crippen molar-refractivity contribution in [2.24, 2.45) is 7.05 Å². The van der Waals surface area contributed by atoms with Crippen molar-refractivity contribution < 1.29 is 21.8 Å². The minimum atomic E-state index is -3.36. The summed E-state index contributed by atoms with van der Waals surface area (Å²) in [4.78, 5) is 26.3. The minimum absolute atomic E-state index is 0.0284. The summed E-state index contributed by atoms with van der Waals surface area (Å²) >= 11 is 0. The largest absolute Gasteiger partial charge is 0.318 e. The third-order valence-corrected chi connectivity index (χ3v) is 10.2. The zero-order chi connectivity index (χ0) is 28.4. The topological polar surface area (TPSA) is 90.3 Å². The second-order valence-electron chi connectivity index (χ2n) is 10.5. The number of carbonyl (C=O) groups excluding carboxylic acids is 1. The molecule has 3 rings (SSSR count). The maximum atomic E-state index is 13.6. The van der Waals surface area contributed by atoms with Crippen LogP contribution in [-0.2, 0) is 33.4 Å². The van der Waals surface area contributed by atoms with Gasteiger partial charge in [0.2, 0.25) is 0 Å². The number of rotatable bonds is 9. The van der Waals surface area contributed by atoms with Crippen LogP contribution in [0.2, 0.25) is 0 Å². The van der Waals surface area contributed by atoms with Crippen molar-refractivity contribution in [3.05, 3.63) is 93.2 Å². The molecule has 0 fully saturated rings. The van der Waals surface area contributed by atoms with Crippen molar-refractivity contribution in [3.8, 4) is 11.1 Å². The Morgan fingerprint density at radius 1 is 1.05 bits per heavy atom. The van der Waals surface area contributed by atoms with Gasteiger partial charge in [-0.05, 0) is 73.7 Å². The van der Waals surface area contributed by atoms with E-state index in [0.717, 1.165) is 0 Å². The molecule has 2 atom stereocenters. The number of nitrogens with zero attached hydrogens (tertiary/aromatic N) is 1. The molecule has 0 radical (unpaired) electrons. The van der Waals surface area contributed by atoms with E-state index in [4.69, 9.17) is 0 Å². The first kappa shape index (κ1) is 29.6. The first-order chi connectivity index (χ1) is 17.6. The number of carbonyl (C=O) groups is 1. The van der Waals surface area contributed by atoms with E-state index in [0.29, 0.717) is 33.6 Å². The zero-order valence-electron chi connectivity index (χ0n) is 22.6. The normalized spacial score (nSPS) is 13.8. The lowest BCUT2D eigenvalue weighted by Crippen LogP contribution is -2.27. The molecule has 0 aliphatic rings. The molecule has 0 spiro atoms. The molecule has 0 unspecified atom stereocenters. The van der Waals surface area contributed by atoms with E-state index in [1.54, 1.807) is 38.4 Å². The molecule has 6 nitrogen and oxygen atoms in total. The number of ketones is 1. The van der Waals surface area contributed by atoms with Crippen molar-refractivity contribution in [1.82, 2.24) is 4.57 Å². The summed E-state index contributed by atoms with van der Waals surface area (Å²) in [6.07, 6.45) is 1.63. The number of aromatic nitrogens is 1. The molecule has 0 amide bonds. The number of sulfone groups is 1. The molecule has 0 saturated heterocycles. The van der Waals surface area contributed by atoms with Crippen molar-refractivity contribution in [3.63, 3.8) is 0 Å². The van der Waals surface area contributed by atoms with Gasteiger partial charge in [-0.2, -0.15) is 0 Å². The van der Waals surface area contributed by atoms with Crippen LogP contribution >= 0.6 is 0 Å². The van der Waals surface area contributed by atoms with Crippen molar-refractivity contribution in [2.75, 3.05) is 11.5 Å². The van der Waals surface area contributed by atoms with Gasteiger partial charge >= 0.3 is 0 Å². The molecule has 0 N–H and O–H groups in total. The SMILES string of the molecule is CCS(=O)(=O)Cc1ccc(C(=O)c2ccc(F)cc2)c(-c2cn(C)c(=O)cc2[C@H](C)C[S@@](=O)C(C)(C)C)c1. The predicted molar refractivity (Wildman–Crippen MR) is 151 cm³/mol. The predicted octanol–water partition coefficient (Wildman–Crippen LogP) is 5.01. The minimum Gasteiger partial charge on any atom is -0.318 e. The van der Waals surface area contributed by atoms with Crippen LogP contribution in [0.15, 0.2) is 59.5 Å². The van der Waals surface area contributed by atoms with Gasteiger partial charge in [0.05, 0.1) is 5.75 Å². The first-order valence-electron chi connectivity index (χ1n) is 12.4. The second kappa shape index (κ2) is 11.5. The van der Waals surface area contributed by atoms with E-state index >= 15 is 0 Å². The van der Waals surface area contributed by atoms with Gasteiger partial charge in [0, 0.05) is 63.1 Å². The van der Waals surface area contributed by atoms with E-state index in [2.05, 4.69) is 0 Å². The Kier molecular flexibility index (Phi) is 8.93. The number of pyridine rings is 1. The lowest BCUT2D eigenvalue weighted by molar-refractivity contribution is 0.103. The van der Waals surface area contributed by atoms with E-state index in [9.17, 15) is 26.6 Å².